The molecule has 0 saturated carbocycles. The zero-order valence-electron chi connectivity index (χ0n) is 7.19. The lowest BCUT2D eigenvalue weighted by Crippen LogP contribution is -2.06. The van der Waals surface area contributed by atoms with E-state index in [4.69, 9.17) is 0 Å². The number of carbonyl (C=O) groups excluding carboxylic acids is 1. The van der Waals surface area contributed by atoms with Gasteiger partial charge in [-0.1, -0.05) is 0 Å². The van der Waals surface area contributed by atoms with E-state index < -0.39 is 0 Å². The highest BCUT2D eigenvalue weighted by Crippen LogP contribution is 2.08. The summed E-state index contributed by atoms with van der Waals surface area (Å²) in [6.07, 6.45) is 3.21. The van der Waals surface area contributed by atoms with Gasteiger partial charge in [-0.05, 0) is 19.9 Å². The third kappa shape index (κ3) is 1.80. The van der Waals surface area contributed by atoms with Crippen molar-refractivity contribution in [3.05, 3.63) is 18.0 Å². The smallest absolute Gasteiger partial charge is 0.235 e. The van der Waals surface area contributed by atoms with E-state index in [1.165, 1.54) is 6.08 Å². The number of nitrogens with zero attached hydrogens (tertiary/aromatic N) is 3. The summed E-state index contributed by atoms with van der Waals surface area (Å²) in [5.74, 6) is 0. The van der Waals surface area contributed by atoms with Crippen molar-refractivity contribution in [3.63, 3.8) is 0 Å². The summed E-state index contributed by atoms with van der Waals surface area (Å²) in [5.41, 5.74) is 0.938. The molecule has 0 fully saturated rings. The van der Waals surface area contributed by atoms with Crippen molar-refractivity contribution in [2.45, 2.75) is 26.4 Å². The molecular weight excluding hydrogens is 154 g/mol. The first-order valence-corrected chi connectivity index (χ1v) is 3.81. The van der Waals surface area contributed by atoms with E-state index in [1.807, 2.05) is 24.6 Å². The van der Waals surface area contributed by atoms with E-state index in [1.54, 1.807) is 6.20 Å². The lowest BCUT2D eigenvalue weighted by molar-refractivity contribution is 0.508. The van der Waals surface area contributed by atoms with Gasteiger partial charge in [0, 0.05) is 12.2 Å². The molecule has 0 aliphatic heterocycles. The minimum Gasteiger partial charge on any atom is -0.265 e. The Balaban J connectivity index is 2.83. The summed E-state index contributed by atoms with van der Waals surface area (Å²) in [7, 11) is 0. The minimum absolute atomic E-state index is 0.303. The normalized spacial score (nSPS) is 9.92. The number of hydrogen-bond donors (Lipinski definition) is 0. The summed E-state index contributed by atoms with van der Waals surface area (Å²) in [6.45, 7) is 4.42. The van der Waals surface area contributed by atoms with E-state index in [0.29, 0.717) is 12.6 Å². The van der Waals surface area contributed by atoms with Crippen LogP contribution >= 0.6 is 0 Å². The molecule has 0 saturated heterocycles. The predicted molar refractivity (Wildman–Crippen MR) is 44.4 cm³/mol. The Hall–Kier alpha value is -1.41. The first-order chi connectivity index (χ1) is 5.75. The molecule has 4 nitrogen and oxygen atoms in total. The van der Waals surface area contributed by atoms with Gasteiger partial charge in [-0.25, -0.2) is 4.79 Å². The fourth-order valence-corrected chi connectivity index (χ4v) is 1.05. The SMILES string of the molecule is CC(C)n1nccc1CN=C=O. The second-order valence-corrected chi connectivity index (χ2v) is 2.77. The van der Waals surface area contributed by atoms with Gasteiger partial charge in [0.1, 0.15) is 0 Å². The van der Waals surface area contributed by atoms with Crippen LogP contribution in [0.4, 0.5) is 0 Å². The zero-order chi connectivity index (χ0) is 8.97. The third-order valence-electron chi connectivity index (χ3n) is 1.55. The van der Waals surface area contributed by atoms with Crippen molar-refractivity contribution in [2.24, 2.45) is 4.99 Å². The Morgan fingerprint density at radius 3 is 3.08 bits per heavy atom. The van der Waals surface area contributed by atoms with Crippen LogP contribution in [0, 0.1) is 0 Å². The van der Waals surface area contributed by atoms with Gasteiger partial charge in [0.05, 0.1) is 12.2 Å². The van der Waals surface area contributed by atoms with Crippen LogP contribution < -0.4 is 0 Å². The Morgan fingerprint density at radius 2 is 2.50 bits per heavy atom. The number of hydrogen-bond acceptors (Lipinski definition) is 3. The van der Waals surface area contributed by atoms with Crippen molar-refractivity contribution in [1.29, 1.82) is 0 Å². The first-order valence-electron chi connectivity index (χ1n) is 3.81. The highest BCUT2D eigenvalue weighted by molar-refractivity contribution is 5.33. The average molecular weight is 165 g/mol. The van der Waals surface area contributed by atoms with Crippen LogP contribution in [0.2, 0.25) is 0 Å². The van der Waals surface area contributed by atoms with Crippen molar-refractivity contribution in [2.75, 3.05) is 0 Å². The Kier molecular flexibility index (Phi) is 2.77. The van der Waals surface area contributed by atoms with Crippen molar-refractivity contribution < 1.29 is 4.79 Å². The Labute approximate surface area is 70.9 Å². The topological polar surface area (TPSA) is 47.2 Å². The highest BCUT2D eigenvalue weighted by Gasteiger charge is 2.03. The van der Waals surface area contributed by atoms with Gasteiger partial charge in [0.2, 0.25) is 6.08 Å². The highest BCUT2D eigenvalue weighted by atomic mass is 16.1. The molecule has 0 amide bonds. The van der Waals surface area contributed by atoms with Crippen LogP contribution in [-0.4, -0.2) is 15.9 Å². The maximum atomic E-state index is 9.86. The van der Waals surface area contributed by atoms with E-state index in [0.717, 1.165) is 5.69 Å². The Bertz CT molecular complexity index is 297. The lowest BCUT2D eigenvalue weighted by Gasteiger charge is -2.07. The van der Waals surface area contributed by atoms with Gasteiger partial charge in [-0.15, -0.1) is 0 Å². The van der Waals surface area contributed by atoms with Crippen LogP contribution in [0.3, 0.4) is 0 Å². The van der Waals surface area contributed by atoms with Gasteiger partial charge in [-0.2, -0.15) is 10.1 Å². The number of aliphatic imine (C=N–C) groups is 1. The largest absolute Gasteiger partial charge is 0.265 e. The summed E-state index contributed by atoms with van der Waals surface area (Å²) in [6, 6.07) is 2.15. The van der Waals surface area contributed by atoms with Gasteiger partial charge < -0.3 is 0 Å². The maximum absolute atomic E-state index is 9.86. The summed E-state index contributed by atoms with van der Waals surface area (Å²) in [4.78, 5) is 13.4. The molecule has 0 spiro atoms. The predicted octanol–water partition coefficient (Wildman–Crippen LogP) is 1.30. The second kappa shape index (κ2) is 3.83. The Morgan fingerprint density at radius 1 is 1.75 bits per heavy atom. The van der Waals surface area contributed by atoms with Crippen molar-refractivity contribution in [3.8, 4) is 0 Å². The molecule has 1 aromatic rings. The molecule has 1 heterocycles. The van der Waals surface area contributed by atoms with Gasteiger partial charge in [0.25, 0.3) is 0 Å². The molecule has 4 heteroatoms. The van der Waals surface area contributed by atoms with Gasteiger partial charge in [0.15, 0.2) is 0 Å². The fourth-order valence-electron chi connectivity index (χ4n) is 1.05. The minimum atomic E-state index is 0.303. The van der Waals surface area contributed by atoms with Crippen LogP contribution in [0.1, 0.15) is 25.6 Å². The molecule has 64 valence electrons. The summed E-state index contributed by atoms with van der Waals surface area (Å²) in [5, 5.41) is 4.10. The monoisotopic (exact) mass is 165 g/mol. The van der Waals surface area contributed by atoms with E-state index >= 15 is 0 Å². The lowest BCUT2D eigenvalue weighted by atomic mass is 10.3. The second-order valence-electron chi connectivity index (χ2n) is 2.77. The molecule has 0 unspecified atom stereocenters. The van der Waals surface area contributed by atoms with Gasteiger partial charge in [-0.3, -0.25) is 4.68 Å². The van der Waals surface area contributed by atoms with E-state index in [-0.39, 0.29) is 0 Å². The van der Waals surface area contributed by atoms with E-state index in [2.05, 4.69) is 10.1 Å². The fraction of sp³-hybridized carbons (Fsp3) is 0.500. The molecule has 0 radical (unpaired) electrons. The number of isocyanates is 1. The maximum Gasteiger partial charge on any atom is 0.235 e. The van der Waals surface area contributed by atoms with Crippen molar-refractivity contribution in [1.82, 2.24) is 9.78 Å². The molecular formula is C8H11N3O. The average Bonchev–Trinajstić information content (AvgIpc) is 2.48. The number of rotatable bonds is 3. The molecule has 0 atom stereocenters. The quantitative estimate of drug-likeness (QED) is 0.500. The van der Waals surface area contributed by atoms with Crippen LogP contribution in [-0.2, 0) is 11.3 Å². The third-order valence-corrected chi connectivity index (χ3v) is 1.55. The summed E-state index contributed by atoms with van der Waals surface area (Å²) >= 11 is 0. The number of aromatic nitrogens is 2. The molecule has 1 rings (SSSR count). The standard InChI is InChI=1S/C8H11N3O/c1-7(2)11-8(3-4-10-11)5-9-6-12/h3-4,7H,5H2,1-2H3. The van der Waals surface area contributed by atoms with E-state index in [9.17, 15) is 4.79 Å². The molecule has 0 aliphatic rings. The van der Waals surface area contributed by atoms with Crippen LogP contribution in [0.25, 0.3) is 0 Å². The van der Waals surface area contributed by atoms with Crippen molar-refractivity contribution >= 4 is 6.08 Å². The molecule has 12 heavy (non-hydrogen) atoms. The summed E-state index contributed by atoms with van der Waals surface area (Å²) < 4.78 is 1.83. The molecule has 0 N–H and O–H groups in total. The zero-order valence-corrected chi connectivity index (χ0v) is 7.19. The van der Waals surface area contributed by atoms with Crippen LogP contribution in [0.15, 0.2) is 17.3 Å². The molecule has 0 aliphatic carbocycles. The molecule has 1 aromatic heterocycles. The molecule has 0 bridgehead atoms. The molecule has 0 aromatic carbocycles. The van der Waals surface area contributed by atoms with Gasteiger partial charge >= 0.3 is 0 Å². The first kappa shape index (κ1) is 8.68. The van der Waals surface area contributed by atoms with Crippen LogP contribution in [0.5, 0.6) is 0 Å².